The number of rotatable bonds is 8. The lowest BCUT2D eigenvalue weighted by molar-refractivity contribution is -0.183. The SMILES string of the molecule is CCn1nccc1C(=O)N[C@H](c1cn2nc(C[C@H]3C[C@@H](C(F)(F)F)CNC3=O)c(C(C)(F)F)nc2n1)C1CCC(F)(F)CC1. The summed E-state index contributed by atoms with van der Waals surface area (Å²) >= 11 is 0. The molecule has 3 atom stereocenters. The van der Waals surface area contributed by atoms with E-state index in [0.717, 1.165) is 4.52 Å². The van der Waals surface area contributed by atoms with Gasteiger partial charge in [0.1, 0.15) is 11.4 Å². The molecule has 44 heavy (non-hydrogen) atoms. The van der Waals surface area contributed by atoms with E-state index in [-0.39, 0.29) is 35.7 Å². The van der Waals surface area contributed by atoms with Crippen LogP contribution in [0.1, 0.15) is 79.6 Å². The second kappa shape index (κ2) is 11.6. The van der Waals surface area contributed by atoms with Crippen molar-refractivity contribution in [2.75, 3.05) is 6.54 Å². The van der Waals surface area contributed by atoms with E-state index in [4.69, 9.17) is 0 Å². The number of imidazole rings is 1. The fourth-order valence-electron chi connectivity index (χ4n) is 5.89. The van der Waals surface area contributed by atoms with Gasteiger partial charge in [0, 0.05) is 51.4 Å². The van der Waals surface area contributed by atoms with Crippen LogP contribution in [-0.4, -0.2) is 59.8 Å². The van der Waals surface area contributed by atoms with Crippen LogP contribution in [-0.2, 0) is 23.7 Å². The molecule has 5 rings (SSSR count). The number of halogens is 7. The van der Waals surface area contributed by atoms with E-state index in [1.165, 1.54) is 23.1 Å². The maximum absolute atomic E-state index is 14.7. The number of amides is 2. The molecule has 4 heterocycles. The summed E-state index contributed by atoms with van der Waals surface area (Å²) in [5, 5.41) is 13.3. The van der Waals surface area contributed by atoms with Crippen LogP contribution in [0.4, 0.5) is 30.7 Å². The Morgan fingerprint density at radius 1 is 1.18 bits per heavy atom. The van der Waals surface area contributed by atoms with Gasteiger partial charge < -0.3 is 10.6 Å². The van der Waals surface area contributed by atoms with Crippen LogP contribution in [0.3, 0.4) is 0 Å². The van der Waals surface area contributed by atoms with Crippen molar-refractivity contribution in [1.82, 2.24) is 40.0 Å². The predicted molar refractivity (Wildman–Crippen MR) is 140 cm³/mol. The maximum Gasteiger partial charge on any atom is 0.393 e. The van der Waals surface area contributed by atoms with E-state index in [2.05, 4.69) is 30.8 Å². The number of hydrogen-bond acceptors (Lipinski definition) is 6. The molecule has 2 fully saturated rings. The lowest BCUT2D eigenvalue weighted by Crippen LogP contribution is -2.47. The van der Waals surface area contributed by atoms with Crippen molar-refractivity contribution >= 4 is 17.6 Å². The monoisotopic (exact) mass is 632 g/mol. The minimum atomic E-state index is -4.59. The highest BCUT2D eigenvalue weighted by atomic mass is 19.4. The molecule has 1 saturated heterocycles. The van der Waals surface area contributed by atoms with Gasteiger partial charge in [0.05, 0.1) is 29.5 Å². The van der Waals surface area contributed by atoms with Gasteiger partial charge >= 0.3 is 6.18 Å². The summed E-state index contributed by atoms with van der Waals surface area (Å²) in [6.07, 6.45) is -3.72. The van der Waals surface area contributed by atoms with Gasteiger partial charge in [-0.2, -0.15) is 32.1 Å². The fraction of sp³-hybridized carbons (Fsp3) is 0.630. The number of carbonyl (C=O) groups excluding carboxylic acids is 2. The van der Waals surface area contributed by atoms with Crippen molar-refractivity contribution in [3.8, 4) is 0 Å². The fourth-order valence-corrected chi connectivity index (χ4v) is 5.89. The number of aryl methyl sites for hydroxylation is 1. The minimum absolute atomic E-state index is 0.0421. The quantitative estimate of drug-likeness (QED) is 0.351. The van der Waals surface area contributed by atoms with Crippen LogP contribution in [0.5, 0.6) is 0 Å². The van der Waals surface area contributed by atoms with E-state index in [1.807, 2.05) is 0 Å². The van der Waals surface area contributed by atoms with Gasteiger partial charge in [-0.25, -0.2) is 23.3 Å². The summed E-state index contributed by atoms with van der Waals surface area (Å²) < 4.78 is 100. The zero-order valence-corrected chi connectivity index (χ0v) is 23.8. The average molecular weight is 633 g/mol. The highest BCUT2D eigenvalue weighted by molar-refractivity contribution is 5.92. The molecule has 3 aromatic heterocycles. The molecule has 1 aliphatic carbocycles. The standard InChI is InChI=1S/C27H31F7N8O2/c1-3-41-19(6-9-36-41)23(44)38-20(14-4-7-26(30,31)8-5-14)18-13-42-24(37-18)39-21(25(2,28)29)17(40-42)11-15-10-16(27(32,33)34)12-35-22(15)43/h6,9,13-16,20H,3-5,7-8,10-12H2,1-2H3,(H,35,43)(H,38,44)/t15-,16-,20+/m1/s1. The smallest absolute Gasteiger partial charge is 0.355 e. The molecular weight excluding hydrogens is 601 g/mol. The number of aromatic nitrogens is 6. The second-order valence-corrected chi connectivity index (χ2v) is 11.5. The Kier molecular flexibility index (Phi) is 8.35. The number of alkyl halides is 7. The van der Waals surface area contributed by atoms with Gasteiger partial charge in [0.2, 0.25) is 11.8 Å². The third-order valence-electron chi connectivity index (χ3n) is 8.27. The van der Waals surface area contributed by atoms with Crippen molar-refractivity contribution in [2.24, 2.45) is 17.8 Å². The van der Waals surface area contributed by atoms with E-state index in [9.17, 15) is 40.3 Å². The Labute approximate surface area is 246 Å². The summed E-state index contributed by atoms with van der Waals surface area (Å²) in [5.41, 5.74) is -0.890. The first-order chi connectivity index (χ1) is 20.6. The van der Waals surface area contributed by atoms with Crippen LogP contribution in [0.2, 0.25) is 0 Å². The van der Waals surface area contributed by atoms with Crippen LogP contribution in [0.15, 0.2) is 18.5 Å². The molecule has 0 aromatic carbocycles. The van der Waals surface area contributed by atoms with Crippen molar-refractivity contribution < 1.29 is 40.3 Å². The molecule has 0 radical (unpaired) electrons. The summed E-state index contributed by atoms with van der Waals surface area (Å²) in [6, 6.07) is 0.567. The van der Waals surface area contributed by atoms with E-state index in [1.54, 1.807) is 6.92 Å². The van der Waals surface area contributed by atoms with Crippen LogP contribution >= 0.6 is 0 Å². The van der Waals surface area contributed by atoms with Gasteiger partial charge in [-0.3, -0.25) is 14.3 Å². The Hall–Kier alpha value is -3.79. The highest BCUT2D eigenvalue weighted by Crippen LogP contribution is 2.42. The zero-order valence-electron chi connectivity index (χ0n) is 23.8. The molecule has 17 heteroatoms. The first kappa shape index (κ1) is 31.6. The zero-order chi connectivity index (χ0) is 32.0. The maximum atomic E-state index is 14.7. The Morgan fingerprint density at radius 3 is 2.52 bits per heavy atom. The lowest BCUT2D eigenvalue weighted by Gasteiger charge is -2.33. The minimum Gasteiger partial charge on any atom is -0.355 e. The molecule has 10 nitrogen and oxygen atoms in total. The van der Waals surface area contributed by atoms with Crippen LogP contribution in [0, 0.1) is 17.8 Å². The average Bonchev–Trinajstić information content (AvgIpc) is 3.58. The molecule has 0 unspecified atom stereocenters. The normalized spacial score (nSPS) is 22.2. The summed E-state index contributed by atoms with van der Waals surface area (Å²) in [4.78, 5) is 34.0. The molecule has 2 aliphatic rings. The van der Waals surface area contributed by atoms with E-state index < -0.39 is 91.6 Å². The van der Waals surface area contributed by atoms with Crippen LogP contribution < -0.4 is 10.6 Å². The van der Waals surface area contributed by atoms with Gasteiger partial charge in [-0.1, -0.05) is 0 Å². The molecule has 2 amide bonds. The van der Waals surface area contributed by atoms with Crippen molar-refractivity contribution in [2.45, 2.75) is 83.0 Å². The third kappa shape index (κ3) is 6.65. The van der Waals surface area contributed by atoms with E-state index in [0.29, 0.717) is 13.5 Å². The Balaban J connectivity index is 1.51. The largest absolute Gasteiger partial charge is 0.393 e. The van der Waals surface area contributed by atoms with Crippen molar-refractivity contribution in [3.63, 3.8) is 0 Å². The summed E-state index contributed by atoms with van der Waals surface area (Å²) in [7, 11) is 0. The van der Waals surface area contributed by atoms with Crippen LogP contribution in [0.25, 0.3) is 5.78 Å². The number of nitrogens with zero attached hydrogens (tertiary/aromatic N) is 6. The number of hydrogen-bond donors (Lipinski definition) is 2. The first-order valence-corrected chi connectivity index (χ1v) is 14.2. The first-order valence-electron chi connectivity index (χ1n) is 14.2. The van der Waals surface area contributed by atoms with Gasteiger partial charge in [0.15, 0.2) is 0 Å². The molecule has 2 N–H and O–H groups in total. The third-order valence-corrected chi connectivity index (χ3v) is 8.27. The van der Waals surface area contributed by atoms with Crippen molar-refractivity contribution in [1.29, 1.82) is 0 Å². The predicted octanol–water partition coefficient (Wildman–Crippen LogP) is 4.61. The lowest BCUT2D eigenvalue weighted by atomic mass is 9.81. The Morgan fingerprint density at radius 2 is 1.89 bits per heavy atom. The number of carbonyl (C=O) groups is 2. The molecule has 1 saturated carbocycles. The number of nitrogens with one attached hydrogen (secondary N) is 2. The Bertz CT molecular complexity index is 1520. The summed E-state index contributed by atoms with van der Waals surface area (Å²) in [5.74, 6) is -11.6. The highest BCUT2D eigenvalue weighted by Gasteiger charge is 2.46. The van der Waals surface area contributed by atoms with Gasteiger partial charge in [-0.15, -0.1) is 0 Å². The van der Waals surface area contributed by atoms with Gasteiger partial charge in [-0.05, 0) is 38.2 Å². The second-order valence-electron chi connectivity index (χ2n) is 11.5. The number of piperidine rings is 1. The number of fused-ring (bicyclic) bond motifs is 1. The molecule has 240 valence electrons. The van der Waals surface area contributed by atoms with E-state index >= 15 is 0 Å². The van der Waals surface area contributed by atoms with Gasteiger partial charge in [0.25, 0.3) is 17.6 Å². The molecule has 0 bridgehead atoms. The summed E-state index contributed by atoms with van der Waals surface area (Å²) in [6.45, 7) is 2.10. The molecule has 1 aliphatic heterocycles. The molecule has 0 spiro atoms. The van der Waals surface area contributed by atoms with Crippen molar-refractivity contribution in [3.05, 3.63) is 41.2 Å². The molecular formula is C27H31F7N8O2. The molecule has 3 aromatic rings. The topological polar surface area (TPSA) is 119 Å².